The summed E-state index contributed by atoms with van der Waals surface area (Å²) in [7, 11) is 0. The number of imidazole rings is 2. The van der Waals surface area contributed by atoms with Gasteiger partial charge in [0.15, 0.2) is 21.6 Å². The Bertz CT molecular complexity index is 1140. The minimum atomic E-state index is -0.664. The number of fused-ring (bicyclic) bond motifs is 2. The first kappa shape index (κ1) is 21.2. The molecule has 0 amide bonds. The summed E-state index contributed by atoms with van der Waals surface area (Å²) in [5, 5.41) is 7.19. The van der Waals surface area contributed by atoms with Gasteiger partial charge in [0.2, 0.25) is 0 Å². The summed E-state index contributed by atoms with van der Waals surface area (Å²) in [6.07, 6.45) is 2.64. The highest BCUT2D eigenvalue weighted by Gasteiger charge is 2.14. The van der Waals surface area contributed by atoms with Gasteiger partial charge in [-0.3, -0.25) is 9.59 Å². The molecule has 4 heterocycles. The molecule has 4 rings (SSSR count). The first-order valence-electron chi connectivity index (χ1n) is 6.98. The first-order valence-corrected chi connectivity index (χ1v) is 9.66. The molecule has 0 aliphatic rings. The van der Waals surface area contributed by atoms with Crippen LogP contribution < -0.4 is 0 Å². The normalized spacial score (nSPS) is 10.8. The Morgan fingerprint density at radius 3 is 1.82 bits per heavy atom. The first-order chi connectivity index (χ1) is 13.2. The van der Waals surface area contributed by atoms with Gasteiger partial charge in [-0.05, 0) is 51.3 Å². The van der Waals surface area contributed by atoms with Crippen molar-refractivity contribution < 1.29 is 9.59 Å². The number of hydrogen-bond donors (Lipinski definition) is 0. The van der Waals surface area contributed by atoms with Gasteiger partial charge in [0.25, 0.3) is 10.5 Å². The van der Waals surface area contributed by atoms with Crippen molar-refractivity contribution in [2.45, 2.75) is 0 Å². The van der Waals surface area contributed by atoms with E-state index in [0.717, 1.165) is 0 Å². The largest absolute Gasteiger partial charge is 0.274 e. The zero-order valence-electron chi connectivity index (χ0n) is 13.1. The molecular weight excluding hydrogens is 541 g/mol. The Kier molecular flexibility index (Phi) is 6.43. The van der Waals surface area contributed by atoms with E-state index in [2.05, 4.69) is 36.1 Å². The fourth-order valence-corrected chi connectivity index (χ4v) is 3.61. The van der Waals surface area contributed by atoms with E-state index in [1.165, 1.54) is 27.5 Å². The van der Waals surface area contributed by atoms with E-state index in [4.69, 9.17) is 58.0 Å². The summed E-state index contributed by atoms with van der Waals surface area (Å²) in [6, 6.07) is 3.03. The zero-order chi connectivity index (χ0) is 20.6. The van der Waals surface area contributed by atoms with E-state index in [-0.39, 0.29) is 21.7 Å². The fourth-order valence-electron chi connectivity index (χ4n) is 2.07. The lowest BCUT2D eigenvalue weighted by Gasteiger charge is -1.98. The number of hydrogen-bond acceptors (Lipinski definition) is 6. The van der Waals surface area contributed by atoms with Crippen molar-refractivity contribution in [3.63, 3.8) is 0 Å². The molecule has 4 aromatic rings. The number of carbonyl (C=O) groups excluding carboxylic acids is 2. The smallest absolute Gasteiger partial charge is 0.272 e. The summed E-state index contributed by atoms with van der Waals surface area (Å²) < 4.78 is 3.16. The van der Waals surface area contributed by atoms with Gasteiger partial charge in [-0.25, -0.2) is 19.0 Å². The molecule has 0 spiro atoms. The number of halogens is 6. The van der Waals surface area contributed by atoms with Gasteiger partial charge in [-0.2, -0.15) is 10.2 Å². The summed E-state index contributed by atoms with van der Waals surface area (Å²) in [4.78, 5) is 29.7. The minimum absolute atomic E-state index is 0.131. The van der Waals surface area contributed by atoms with E-state index >= 15 is 0 Å². The van der Waals surface area contributed by atoms with Crippen molar-refractivity contribution in [3.05, 3.63) is 55.7 Å². The van der Waals surface area contributed by atoms with E-state index in [1.807, 2.05) is 0 Å². The topological polar surface area (TPSA) is 94.5 Å². The molecule has 0 N–H and O–H groups in total. The van der Waals surface area contributed by atoms with E-state index in [1.54, 1.807) is 6.07 Å². The van der Waals surface area contributed by atoms with Gasteiger partial charge in [0.1, 0.15) is 11.4 Å². The van der Waals surface area contributed by atoms with Crippen LogP contribution in [0.15, 0.2) is 29.0 Å². The fraction of sp³-hybridized carbons (Fsp3) is 0. The Morgan fingerprint density at radius 2 is 1.29 bits per heavy atom. The maximum Gasteiger partial charge on any atom is 0.272 e. The van der Waals surface area contributed by atoms with Gasteiger partial charge in [0, 0.05) is 0 Å². The predicted octanol–water partition coefficient (Wildman–Crippen LogP) is 4.94. The van der Waals surface area contributed by atoms with Gasteiger partial charge >= 0.3 is 0 Å². The summed E-state index contributed by atoms with van der Waals surface area (Å²) >= 11 is 31.1. The lowest BCUT2D eigenvalue weighted by Crippen LogP contribution is -2.00. The van der Waals surface area contributed by atoms with Crippen LogP contribution in [0.25, 0.3) is 11.3 Å². The minimum Gasteiger partial charge on any atom is -0.274 e. The molecule has 0 unspecified atom stereocenters. The molecule has 0 aromatic carbocycles. The second-order valence-corrected chi connectivity index (χ2v) is 7.66. The van der Waals surface area contributed by atoms with Crippen LogP contribution in [0, 0.1) is 0 Å². The van der Waals surface area contributed by atoms with E-state index in [0.29, 0.717) is 20.8 Å². The van der Waals surface area contributed by atoms with Gasteiger partial charge < -0.3 is 0 Å². The maximum atomic E-state index is 10.9. The van der Waals surface area contributed by atoms with Crippen LogP contribution in [-0.2, 0) is 0 Å². The van der Waals surface area contributed by atoms with Gasteiger partial charge in [-0.1, -0.05) is 34.8 Å². The third-order valence-corrected chi connectivity index (χ3v) is 4.81. The molecule has 0 atom stereocenters. The van der Waals surface area contributed by atoms with Crippen LogP contribution in [0.4, 0.5) is 0 Å². The zero-order valence-corrected chi connectivity index (χ0v) is 18.4. The maximum absolute atomic E-state index is 10.9. The van der Waals surface area contributed by atoms with Crippen molar-refractivity contribution in [2.24, 2.45) is 0 Å². The lowest BCUT2D eigenvalue weighted by molar-refractivity contribution is 0.106. The van der Waals surface area contributed by atoms with Crippen LogP contribution in [0.1, 0.15) is 21.0 Å². The molecule has 0 aliphatic carbocycles. The van der Waals surface area contributed by atoms with Crippen LogP contribution in [0.2, 0.25) is 15.3 Å². The molecule has 0 fully saturated rings. The van der Waals surface area contributed by atoms with E-state index in [9.17, 15) is 9.59 Å². The SMILES string of the molecule is O=C(Cl)c1cnc2c(Br)cc(Cl)nn12.O=C(Cl)c1cnc2c(Cl)cc(Cl)nn12. The molecule has 8 nitrogen and oxygen atoms in total. The van der Waals surface area contributed by atoms with Crippen LogP contribution in [0.3, 0.4) is 0 Å². The number of carbonyl (C=O) groups is 2. The Morgan fingerprint density at radius 1 is 0.821 bits per heavy atom. The average molecular weight is 545 g/mol. The molecule has 0 saturated carbocycles. The van der Waals surface area contributed by atoms with E-state index < -0.39 is 10.5 Å². The van der Waals surface area contributed by atoms with Gasteiger partial charge in [-0.15, -0.1) is 0 Å². The van der Waals surface area contributed by atoms with Crippen molar-refractivity contribution in [3.8, 4) is 0 Å². The standard InChI is InChI=1S/C7H2BrCl2N3O.C7H2Cl3N3O/c2*8-3-1-5(9)12-13-4(6(10)14)2-11-7(3)13/h2*1-2H. The third kappa shape index (κ3) is 4.24. The molecule has 0 radical (unpaired) electrons. The van der Waals surface area contributed by atoms with Crippen LogP contribution in [0.5, 0.6) is 0 Å². The second-order valence-electron chi connectivity index (χ2n) is 4.94. The highest BCUT2D eigenvalue weighted by Crippen LogP contribution is 2.21. The highest BCUT2D eigenvalue weighted by molar-refractivity contribution is 9.10. The Labute approximate surface area is 189 Å². The number of nitrogens with zero attached hydrogens (tertiary/aromatic N) is 6. The predicted molar refractivity (Wildman–Crippen MR) is 109 cm³/mol. The molecule has 0 saturated heterocycles. The summed E-state index contributed by atoms with van der Waals surface area (Å²) in [6.45, 7) is 0. The third-order valence-electron chi connectivity index (χ3n) is 3.19. The monoisotopic (exact) mass is 542 g/mol. The lowest BCUT2D eigenvalue weighted by atomic mass is 10.5. The molecule has 144 valence electrons. The van der Waals surface area contributed by atoms with Crippen molar-refractivity contribution >= 4 is 95.7 Å². The van der Waals surface area contributed by atoms with Crippen LogP contribution >= 0.6 is 73.9 Å². The molecule has 14 heteroatoms. The van der Waals surface area contributed by atoms with Gasteiger partial charge in [0.05, 0.1) is 21.9 Å². The average Bonchev–Trinajstić information content (AvgIpc) is 3.19. The number of rotatable bonds is 2. The molecular formula is C14H4BrCl5N6O2. The number of aromatic nitrogens is 6. The van der Waals surface area contributed by atoms with Crippen molar-refractivity contribution in [2.75, 3.05) is 0 Å². The summed E-state index contributed by atoms with van der Waals surface area (Å²) in [5.74, 6) is 0. The Balaban J connectivity index is 0.000000161. The van der Waals surface area contributed by atoms with Crippen molar-refractivity contribution in [1.29, 1.82) is 0 Å². The molecule has 4 aromatic heterocycles. The van der Waals surface area contributed by atoms with Crippen LogP contribution in [-0.4, -0.2) is 39.7 Å². The highest BCUT2D eigenvalue weighted by atomic mass is 79.9. The molecule has 0 bridgehead atoms. The Hall–Kier alpha value is -1.49. The van der Waals surface area contributed by atoms with Crippen molar-refractivity contribution in [1.82, 2.24) is 29.2 Å². The molecule has 0 aliphatic heterocycles. The quantitative estimate of drug-likeness (QED) is 0.332. The summed E-state index contributed by atoms with van der Waals surface area (Å²) in [5.41, 5.74) is 1.16. The molecule has 28 heavy (non-hydrogen) atoms. The second kappa shape index (κ2) is 8.48.